The van der Waals surface area contributed by atoms with E-state index in [0.29, 0.717) is 6.61 Å². The van der Waals surface area contributed by atoms with Crippen LogP contribution in [0.25, 0.3) is 0 Å². The van der Waals surface area contributed by atoms with Crippen molar-refractivity contribution in [1.29, 1.82) is 0 Å². The SMILES string of the molecule is COCC(C)n1ccnc1Nc1ccc(Br)c(C)c1. The second-order valence-corrected chi connectivity index (χ2v) is 5.41. The van der Waals surface area contributed by atoms with Gasteiger partial charge in [-0.05, 0) is 37.6 Å². The summed E-state index contributed by atoms with van der Waals surface area (Å²) in [4.78, 5) is 4.35. The molecule has 0 aliphatic heterocycles. The van der Waals surface area contributed by atoms with Crippen LogP contribution in [-0.4, -0.2) is 23.3 Å². The number of aromatic nitrogens is 2. The first kappa shape index (κ1) is 14.1. The first-order valence-corrected chi connectivity index (χ1v) is 6.96. The number of hydrogen-bond acceptors (Lipinski definition) is 3. The van der Waals surface area contributed by atoms with E-state index in [1.807, 2.05) is 18.3 Å². The second-order valence-electron chi connectivity index (χ2n) is 4.55. The van der Waals surface area contributed by atoms with Crippen molar-refractivity contribution in [1.82, 2.24) is 9.55 Å². The maximum absolute atomic E-state index is 5.18. The summed E-state index contributed by atoms with van der Waals surface area (Å²) in [6.07, 6.45) is 3.75. The van der Waals surface area contributed by atoms with Gasteiger partial charge in [0.15, 0.2) is 0 Å². The van der Waals surface area contributed by atoms with Crippen LogP contribution in [0, 0.1) is 6.92 Å². The number of nitrogens with one attached hydrogen (secondary N) is 1. The van der Waals surface area contributed by atoms with Crippen LogP contribution in [0.4, 0.5) is 11.6 Å². The summed E-state index contributed by atoms with van der Waals surface area (Å²) >= 11 is 3.50. The maximum atomic E-state index is 5.18. The zero-order valence-electron chi connectivity index (χ0n) is 11.4. The van der Waals surface area contributed by atoms with Crippen LogP contribution in [0.1, 0.15) is 18.5 Å². The van der Waals surface area contributed by atoms with Gasteiger partial charge in [0.25, 0.3) is 0 Å². The highest BCUT2D eigenvalue weighted by molar-refractivity contribution is 9.10. The minimum atomic E-state index is 0.242. The van der Waals surface area contributed by atoms with Crippen LogP contribution in [0.15, 0.2) is 35.1 Å². The lowest BCUT2D eigenvalue weighted by Gasteiger charge is -2.16. The number of hydrogen-bond donors (Lipinski definition) is 1. The first-order chi connectivity index (χ1) is 9.11. The Balaban J connectivity index is 2.19. The molecule has 2 rings (SSSR count). The molecular formula is C14H18BrN3O. The molecule has 1 heterocycles. The van der Waals surface area contributed by atoms with Gasteiger partial charge in [0, 0.05) is 29.7 Å². The number of imidazole rings is 1. The number of halogens is 1. The standard InChI is InChI=1S/C14H18BrN3O/c1-10-8-12(4-5-13(10)15)17-14-16-6-7-18(14)11(2)9-19-3/h4-8,11H,9H2,1-3H3,(H,16,17). The maximum Gasteiger partial charge on any atom is 0.207 e. The van der Waals surface area contributed by atoms with Gasteiger partial charge >= 0.3 is 0 Å². The second kappa shape index (κ2) is 6.21. The summed E-state index contributed by atoms with van der Waals surface area (Å²) < 4.78 is 8.36. The van der Waals surface area contributed by atoms with Crippen molar-refractivity contribution >= 4 is 27.6 Å². The molecule has 0 aliphatic rings. The summed E-state index contributed by atoms with van der Waals surface area (Å²) in [5.74, 6) is 0.825. The number of anilines is 2. The average Bonchev–Trinajstić information content (AvgIpc) is 2.82. The lowest BCUT2D eigenvalue weighted by molar-refractivity contribution is 0.163. The predicted molar refractivity (Wildman–Crippen MR) is 81.0 cm³/mol. The number of methoxy groups -OCH3 is 1. The van der Waals surface area contributed by atoms with Crippen molar-refractivity contribution in [2.45, 2.75) is 19.9 Å². The number of aryl methyl sites for hydroxylation is 1. The van der Waals surface area contributed by atoms with Crippen molar-refractivity contribution < 1.29 is 4.74 Å². The smallest absolute Gasteiger partial charge is 0.207 e. The monoisotopic (exact) mass is 323 g/mol. The molecule has 0 aliphatic carbocycles. The van der Waals surface area contributed by atoms with Crippen molar-refractivity contribution in [2.24, 2.45) is 0 Å². The van der Waals surface area contributed by atoms with E-state index < -0.39 is 0 Å². The van der Waals surface area contributed by atoms with E-state index in [0.717, 1.165) is 16.1 Å². The van der Waals surface area contributed by atoms with Gasteiger partial charge in [0.1, 0.15) is 0 Å². The average molecular weight is 324 g/mol. The molecule has 5 heteroatoms. The summed E-state index contributed by atoms with van der Waals surface area (Å²) in [5, 5.41) is 3.34. The molecule has 0 fully saturated rings. The molecule has 1 aromatic heterocycles. The van der Waals surface area contributed by atoms with Crippen LogP contribution in [0.3, 0.4) is 0 Å². The first-order valence-electron chi connectivity index (χ1n) is 6.16. The van der Waals surface area contributed by atoms with Gasteiger partial charge in [0.2, 0.25) is 5.95 Å². The van der Waals surface area contributed by atoms with E-state index in [1.165, 1.54) is 5.56 Å². The van der Waals surface area contributed by atoms with Gasteiger partial charge < -0.3 is 14.6 Å². The van der Waals surface area contributed by atoms with Crippen molar-refractivity contribution in [3.05, 3.63) is 40.6 Å². The van der Waals surface area contributed by atoms with Crippen LogP contribution in [-0.2, 0) is 4.74 Å². The minimum Gasteiger partial charge on any atom is -0.383 e. The van der Waals surface area contributed by atoms with E-state index in [9.17, 15) is 0 Å². The summed E-state index contributed by atoms with van der Waals surface area (Å²) in [6, 6.07) is 6.39. The topological polar surface area (TPSA) is 39.1 Å². The molecule has 1 atom stereocenters. The van der Waals surface area contributed by atoms with Gasteiger partial charge in [-0.3, -0.25) is 0 Å². The molecule has 2 aromatic rings. The third-order valence-corrected chi connectivity index (χ3v) is 3.86. The Morgan fingerprint density at radius 2 is 2.26 bits per heavy atom. The third-order valence-electron chi connectivity index (χ3n) is 2.97. The molecule has 102 valence electrons. The largest absolute Gasteiger partial charge is 0.383 e. The molecule has 1 aromatic carbocycles. The Kier molecular flexibility index (Phi) is 4.61. The molecule has 19 heavy (non-hydrogen) atoms. The van der Waals surface area contributed by atoms with Gasteiger partial charge in [0.05, 0.1) is 12.6 Å². The zero-order valence-corrected chi connectivity index (χ0v) is 12.9. The quantitative estimate of drug-likeness (QED) is 0.906. The van der Waals surface area contributed by atoms with Crippen LogP contribution < -0.4 is 5.32 Å². The fourth-order valence-electron chi connectivity index (χ4n) is 1.94. The molecule has 0 spiro atoms. The van der Waals surface area contributed by atoms with E-state index in [4.69, 9.17) is 4.74 Å². The molecule has 0 radical (unpaired) electrons. The fourth-order valence-corrected chi connectivity index (χ4v) is 2.19. The van der Waals surface area contributed by atoms with Gasteiger partial charge in [-0.25, -0.2) is 4.98 Å². The van der Waals surface area contributed by atoms with E-state index in [-0.39, 0.29) is 6.04 Å². The van der Waals surface area contributed by atoms with Gasteiger partial charge in [-0.2, -0.15) is 0 Å². The Morgan fingerprint density at radius 1 is 1.47 bits per heavy atom. The molecule has 1 unspecified atom stereocenters. The molecule has 4 nitrogen and oxygen atoms in total. The predicted octanol–water partition coefficient (Wildman–Crippen LogP) is 3.91. The normalized spacial score (nSPS) is 12.4. The number of ether oxygens (including phenoxy) is 1. The van der Waals surface area contributed by atoms with Crippen LogP contribution in [0.5, 0.6) is 0 Å². The molecule has 1 N–H and O–H groups in total. The van der Waals surface area contributed by atoms with Gasteiger partial charge in [-0.15, -0.1) is 0 Å². The van der Waals surface area contributed by atoms with E-state index in [1.54, 1.807) is 13.3 Å². The third kappa shape index (κ3) is 3.36. The molecule has 0 amide bonds. The number of nitrogens with zero attached hydrogens (tertiary/aromatic N) is 2. The van der Waals surface area contributed by atoms with Crippen molar-refractivity contribution in [3.8, 4) is 0 Å². The van der Waals surface area contributed by atoms with Crippen LogP contribution >= 0.6 is 15.9 Å². The summed E-state index contributed by atoms with van der Waals surface area (Å²) in [7, 11) is 1.71. The summed E-state index contributed by atoms with van der Waals surface area (Å²) in [5.41, 5.74) is 2.21. The molecule has 0 saturated heterocycles. The zero-order chi connectivity index (χ0) is 13.8. The van der Waals surface area contributed by atoms with E-state index in [2.05, 4.69) is 50.7 Å². The van der Waals surface area contributed by atoms with Crippen molar-refractivity contribution in [2.75, 3.05) is 19.0 Å². The highest BCUT2D eigenvalue weighted by atomic mass is 79.9. The molecule has 0 bridgehead atoms. The lowest BCUT2D eigenvalue weighted by atomic mass is 10.2. The Morgan fingerprint density at radius 3 is 2.95 bits per heavy atom. The van der Waals surface area contributed by atoms with Crippen LogP contribution in [0.2, 0.25) is 0 Å². The van der Waals surface area contributed by atoms with Gasteiger partial charge in [-0.1, -0.05) is 15.9 Å². The lowest BCUT2D eigenvalue weighted by Crippen LogP contribution is -2.12. The minimum absolute atomic E-state index is 0.242. The molecular weight excluding hydrogens is 306 g/mol. The Labute approximate surface area is 121 Å². The number of rotatable bonds is 5. The fraction of sp³-hybridized carbons (Fsp3) is 0.357. The van der Waals surface area contributed by atoms with Crippen molar-refractivity contribution in [3.63, 3.8) is 0 Å². The molecule has 0 saturated carbocycles. The Hall–Kier alpha value is -1.33. The highest BCUT2D eigenvalue weighted by Crippen LogP contribution is 2.23. The Bertz CT molecular complexity index is 553. The summed E-state index contributed by atoms with van der Waals surface area (Å²) in [6.45, 7) is 4.82. The highest BCUT2D eigenvalue weighted by Gasteiger charge is 2.10. The van der Waals surface area contributed by atoms with E-state index >= 15 is 0 Å². The number of benzene rings is 1.